The van der Waals surface area contributed by atoms with Crippen LogP contribution in [-0.2, 0) is 0 Å². The van der Waals surface area contributed by atoms with E-state index in [2.05, 4.69) is 17.5 Å². The molecular weight excluding hydrogens is 305 g/mol. The van der Waals surface area contributed by atoms with Gasteiger partial charge in [0.1, 0.15) is 5.82 Å². The monoisotopic (exact) mass is 322 g/mol. The van der Waals surface area contributed by atoms with E-state index in [4.69, 9.17) is 0 Å². The molecule has 24 heavy (non-hydrogen) atoms. The van der Waals surface area contributed by atoms with Crippen molar-refractivity contribution in [2.24, 2.45) is 5.92 Å². The second kappa shape index (κ2) is 5.48. The van der Waals surface area contributed by atoms with Crippen LogP contribution in [0.5, 0.6) is 0 Å². The third-order valence-electron chi connectivity index (χ3n) is 5.26. The van der Waals surface area contributed by atoms with Crippen LogP contribution in [0.25, 0.3) is 0 Å². The van der Waals surface area contributed by atoms with E-state index >= 15 is 0 Å². The van der Waals surface area contributed by atoms with Gasteiger partial charge in [0.15, 0.2) is 0 Å². The van der Waals surface area contributed by atoms with Gasteiger partial charge >= 0.3 is 0 Å². The molecule has 4 heteroatoms. The molecule has 3 nitrogen and oxygen atoms in total. The minimum Gasteiger partial charge on any atom is -0.545 e. The summed E-state index contributed by atoms with van der Waals surface area (Å²) in [6.45, 7) is 1.77. The minimum atomic E-state index is -1.19. The van der Waals surface area contributed by atoms with Crippen molar-refractivity contribution in [3.63, 3.8) is 0 Å². The molecule has 1 aliphatic carbocycles. The Morgan fingerprint density at radius 3 is 2.75 bits per heavy atom. The maximum absolute atomic E-state index is 14.4. The second-order valence-electron chi connectivity index (χ2n) is 6.49. The second-order valence-corrected chi connectivity index (χ2v) is 6.49. The number of halogens is 1. The SMILES string of the molecule is Cc1c(C(=O)[O-])ccc2c1N[C@H](c1ccccc1F)[C@@H]1CC=C[C@H]21. The number of aromatic carboxylic acids is 1. The van der Waals surface area contributed by atoms with Gasteiger partial charge in [-0.2, -0.15) is 0 Å². The number of nitrogens with one attached hydrogen (secondary N) is 1. The fourth-order valence-corrected chi connectivity index (χ4v) is 4.07. The van der Waals surface area contributed by atoms with Crippen molar-refractivity contribution in [1.29, 1.82) is 0 Å². The van der Waals surface area contributed by atoms with Crippen LogP contribution in [0, 0.1) is 18.7 Å². The van der Waals surface area contributed by atoms with Crippen molar-refractivity contribution in [3.05, 3.63) is 76.6 Å². The molecule has 0 fully saturated rings. The molecule has 4 rings (SSSR count). The molecule has 1 N–H and O–H groups in total. The fourth-order valence-electron chi connectivity index (χ4n) is 4.07. The molecule has 0 unspecified atom stereocenters. The molecule has 0 saturated carbocycles. The van der Waals surface area contributed by atoms with Crippen LogP contribution < -0.4 is 10.4 Å². The summed E-state index contributed by atoms with van der Waals surface area (Å²) in [5.74, 6) is -1.04. The number of allylic oxidation sites excluding steroid dienone is 2. The molecule has 2 aromatic carbocycles. The molecule has 0 spiro atoms. The number of hydrogen-bond donors (Lipinski definition) is 1. The highest BCUT2D eigenvalue weighted by molar-refractivity contribution is 5.90. The Morgan fingerprint density at radius 1 is 1.21 bits per heavy atom. The van der Waals surface area contributed by atoms with E-state index in [1.165, 1.54) is 6.07 Å². The topological polar surface area (TPSA) is 52.2 Å². The van der Waals surface area contributed by atoms with E-state index in [-0.39, 0.29) is 29.3 Å². The predicted octanol–water partition coefficient (Wildman–Crippen LogP) is 3.32. The first kappa shape index (κ1) is 14.9. The number of carboxylic acid groups (broad SMARTS) is 1. The van der Waals surface area contributed by atoms with E-state index in [0.29, 0.717) is 11.1 Å². The maximum Gasteiger partial charge on any atom is 0.128 e. The average molecular weight is 322 g/mol. The lowest BCUT2D eigenvalue weighted by Gasteiger charge is -2.39. The normalized spacial score (nSPS) is 24.2. The predicted molar refractivity (Wildman–Crippen MR) is 88.3 cm³/mol. The molecule has 2 aliphatic rings. The molecule has 3 atom stereocenters. The standard InChI is InChI=1S/C20H18FNO2/c1-11-12(20(23)24)9-10-15-13-6-4-7-14(13)19(22-18(11)15)16-5-2-3-8-17(16)21/h2-6,8-10,13-14,19,22H,7H2,1H3,(H,23,24)/p-1/t13-,14+,19-/m0/s1. The lowest BCUT2D eigenvalue weighted by atomic mass is 9.76. The summed E-state index contributed by atoms with van der Waals surface area (Å²) in [5, 5.41) is 14.7. The lowest BCUT2D eigenvalue weighted by Crippen LogP contribution is -2.31. The third kappa shape index (κ3) is 2.13. The molecule has 122 valence electrons. The number of benzene rings is 2. The van der Waals surface area contributed by atoms with Gasteiger partial charge in [-0.3, -0.25) is 0 Å². The number of fused-ring (bicyclic) bond motifs is 3. The average Bonchev–Trinajstić information content (AvgIpc) is 3.05. The number of anilines is 1. The van der Waals surface area contributed by atoms with Gasteiger partial charge in [-0.25, -0.2) is 4.39 Å². The Morgan fingerprint density at radius 2 is 2.00 bits per heavy atom. The number of rotatable bonds is 2. The van der Waals surface area contributed by atoms with Crippen molar-refractivity contribution in [1.82, 2.24) is 0 Å². The van der Waals surface area contributed by atoms with E-state index in [9.17, 15) is 14.3 Å². The summed E-state index contributed by atoms with van der Waals surface area (Å²) in [5.41, 5.74) is 3.31. The molecule has 0 radical (unpaired) electrons. The van der Waals surface area contributed by atoms with Gasteiger partial charge in [0.05, 0.1) is 12.0 Å². The zero-order chi connectivity index (χ0) is 16.8. The number of carbonyl (C=O) groups excluding carboxylic acids is 1. The smallest absolute Gasteiger partial charge is 0.128 e. The molecule has 0 aromatic heterocycles. The van der Waals surface area contributed by atoms with Gasteiger partial charge in [0.25, 0.3) is 0 Å². The van der Waals surface area contributed by atoms with Crippen molar-refractivity contribution in [3.8, 4) is 0 Å². The Balaban J connectivity index is 1.87. The zero-order valence-electron chi connectivity index (χ0n) is 13.3. The van der Waals surface area contributed by atoms with Gasteiger partial charge < -0.3 is 15.2 Å². The van der Waals surface area contributed by atoms with E-state index in [0.717, 1.165) is 17.7 Å². The van der Waals surface area contributed by atoms with E-state index < -0.39 is 5.97 Å². The molecule has 1 heterocycles. The Hall–Kier alpha value is -2.62. The lowest BCUT2D eigenvalue weighted by molar-refractivity contribution is -0.255. The summed E-state index contributed by atoms with van der Waals surface area (Å²) in [6.07, 6.45) is 5.15. The minimum absolute atomic E-state index is 0.167. The number of carbonyl (C=O) groups is 1. The molecule has 0 amide bonds. The summed E-state index contributed by atoms with van der Waals surface area (Å²) in [7, 11) is 0. The Bertz CT molecular complexity index is 859. The van der Waals surface area contributed by atoms with E-state index in [1.54, 1.807) is 25.1 Å². The first-order chi connectivity index (χ1) is 11.6. The summed E-state index contributed by atoms with van der Waals surface area (Å²) in [4.78, 5) is 11.3. The van der Waals surface area contributed by atoms with Crippen LogP contribution in [0.3, 0.4) is 0 Å². The zero-order valence-corrected chi connectivity index (χ0v) is 13.3. The highest BCUT2D eigenvalue weighted by Gasteiger charge is 2.39. The van der Waals surface area contributed by atoms with Crippen molar-refractivity contribution >= 4 is 11.7 Å². The summed E-state index contributed by atoms with van der Waals surface area (Å²) >= 11 is 0. The van der Waals surface area contributed by atoms with Crippen LogP contribution >= 0.6 is 0 Å². The van der Waals surface area contributed by atoms with Gasteiger partial charge in [-0.15, -0.1) is 0 Å². The maximum atomic E-state index is 14.4. The molecule has 0 saturated heterocycles. The van der Waals surface area contributed by atoms with Crippen molar-refractivity contribution < 1.29 is 14.3 Å². The quantitative estimate of drug-likeness (QED) is 0.863. The van der Waals surface area contributed by atoms with Gasteiger partial charge in [0, 0.05) is 22.7 Å². The molecule has 0 bridgehead atoms. The van der Waals surface area contributed by atoms with Crippen LogP contribution in [0.15, 0.2) is 48.6 Å². The number of carboxylic acids is 1. The Labute approximate surface area is 139 Å². The highest BCUT2D eigenvalue weighted by Crippen LogP contribution is 2.51. The first-order valence-corrected chi connectivity index (χ1v) is 8.10. The van der Waals surface area contributed by atoms with Gasteiger partial charge in [0.2, 0.25) is 0 Å². The Kier molecular flexibility index (Phi) is 3.41. The van der Waals surface area contributed by atoms with Crippen LogP contribution in [-0.4, -0.2) is 5.97 Å². The van der Waals surface area contributed by atoms with Gasteiger partial charge in [-0.1, -0.05) is 42.5 Å². The van der Waals surface area contributed by atoms with Crippen LogP contribution in [0.1, 0.15) is 45.4 Å². The molecule has 1 aliphatic heterocycles. The van der Waals surface area contributed by atoms with Gasteiger partial charge in [-0.05, 0) is 36.5 Å². The largest absolute Gasteiger partial charge is 0.545 e. The van der Waals surface area contributed by atoms with E-state index in [1.807, 2.05) is 12.1 Å². The van der Waals surface area contributed by atoms with Crippen LogP contribution in [0.2, 0.25) is 0 Å². The van der Waals surface area contributed by atoms with Crippen LogP contribution in [0.4, 0.5) is 10.1 Å². The van der Waals surface area contributed by atoms with Crippen molar-refractivity contribution in [2.45, 2.75) is 25.3 Å². The fraction of sp³-hybridized carbons (Fsp3) is 0.250. The summed E-state index contributed by atoms with van der Waals surface area (Å²) < 4.78 is 14.4. The summed E-state index contributed by atoms with van der Waals surface area (Å²) in [6, 6.07) is 10.1. The third-order valence-corrected chi connectivity index (χ3v) is 5.26. The highest BCUT2D eigenvalue weighted by atomic mass is 19.1. The molecule has 2 aromatic rings. The van der Waals surface area contributed by atoms with Crippen molar-refractivity contribution in [2.75, 3.05) is 5.32 Å². The molecular formula is C20H17FNO2-. The number of hydrogen-bond acceptors (Lipinski definition) is 3. The first-order valence-electron chi connectivity index (χ1n) is 8.10.